The third kappa shape index (κ3) is 5.25. The number of β-amino-alcohol motifs (C(OH)–C–C–N with tert-alkyl or cyclic N) is 1. The molecule has 1 heterocycles. The molecular formula is C17H24N2O4. The van der Waals surface area contributed by atoms with E-state index in [1.807, 2.05) is 37.3 Å². The van der Waals surface area contributed by atoms with Gasteiger partial charge in [-0.1, -0.05) is 30.3 Å². The standard InChI is InChI=1S/C17H24N2O4/c1-12-9-15(20)11-19(12)17(23)18-14(7-8-16(21)22)10-13-5-3-2-4-6-13/h2-6,12,14-15,20H,7-11H2,1H3,(H,18,23)(H,21,22). The van der Waals surface area contributed by atoms with Gasteiger partial charge in [-0.2, -0.15) is 0 Å². The number of carbonyl (C=O) groups excluding carboxylic acids is 1. The number of likely N-dealkylation sites (tertiary alicyclic amines) is 1. The third-order valence-electron chi connectivity index (χ3n) is 4.17. The highest BCUT2D eigenvalue weighted by Crippen LogP contribution is 2.18. The molecule has 1 aliphatic rings. The highest BCUT2D eigenvalue weighted by molar-refractivity contribution is 5.75. The zero-order chi connectivity index (χ0) is 16.8. The van der Waals surface area contributed by atoms with Crippen molar-refractivity contribution in [2.45, 2.75) is 50.8 Å². The first kappa shape index (κ1) is 17.3. The number of aliphatic hydroxyl groups excluding tert-OH is 1. The molecule has 1 aliphatic heterocycles. The van der Waals surface area contributed by atoms with E-state index in [9.17, 15) is 14.7 Å². The highest BCUT2D eigenvalue weighted by Gasteiger charge is 2.32. The molecule has 6 heteroatoms. The zero-order valence-corrected chi connectivity index (χ0v) is 13.3. The molecule has 0 aromatic heterocycles. The third-order valence-corrected chi connectivity index (χ3v) is 4.17. The number of carboxylic acids is 1. The quantitative estimate of drug-likeness (QED) is 0.743. The van der Waals surface area contributed by atoms with E-state index in [1.54, 1.807) is 4.90 Å². The lowest BCUT2D eigenvalue weighted by Crippen LogP contribution is -2.47. The predicted molar refractivity (Wildman–Crippen MR) is 86.1 cm³/mol. The number of carbonyl (C=O) groups is 2. The number of benzene rings is 1. The summed E-state index contributed by atoms with van der Waals surface area (Å²) in [6.45, 7) is 2.23. The van der Waals surface area contributed by atoms with Crippen molar-refractivity contribution in [2.24, 2.45) is 0 Å². The lowest BCUT2D eigenvalue weighted by Gasteiger charge is -2.26. The van der Waals surface area contributed by atoms with Crippen LogP contribution >= 0.6 is 0 Å². The molecule has 3 N–H and O–H groups in total. The minimum absolute atomic E-state index is 0.00988. The summed E-state index contributed by atoms with van der Waals surface area (Å²) in [5, 5.41) is 21.5. The first-order valence-electron chi connectivity index (χ1n) is 7.96. The Bertz CT molecular complexity index is 535. The number of amides is 2. The number of urea groups is 1. The van der Waals surface area contributed by atoms with E-state index < -0.39 is 12.1 Å². The van der Waals surface area contributed by atoms with Gasteiger partial charge in [0.1, 0.15) is 0 Å². The Morgan fingerprint density at radius 3 is 2.61 bits per heavy atom. The number of hydrogen-bond acceptors (Lipinski definition) is 3. The van der Waals surface area contributed by atoms with Crippen LogP contribution in [0.1, 0.15) is 31.7 Å². The van der Waals surface area contributed by atoms with Gasteiger partial charge in [0.2, 0.25) is 0 Å². The smallest absolute Gasteiger partial charge is 0.317 e. The molecule has 3 unspecified atom stereocenters. The zero-order valence-electron chi connectivity index (χ0n) is 13.3. The van der Waals surface area contributed by atoms with Crippen molar-refractivity contribution in [3.8, 4) is 0 Å². The van der Waals surface area contributed by atoms with Gasteiger partial charge in [-0.05, 0) is 31.7 Å². The average molecular weight is 320 g/mol. The van der Waals surface area contributed by atoms with Crippen molar-refractivity contribution in [1.82, 2.24) is 10.2 Å². The van der Waals surface area contributed by atoms with Crippen molar-refractivity contribution in [2.75, 3.05) is 6.54 Å². The fraction of sp³-hybridized carbons (Fsp3) is 0.529. The van der Waals surface area contributed by atoms with Crippen molar-refractivity contribution in [3.63, 3.8) is 0 Å². The van der Waals surface area contributed by atoms with Crippen LogP contribution in [-0.2, 0) is 11.2 Å². The molecule has 2 rings (SSSR count). The number of carboxylic acid groups (broad SMARTS) is 1. The fourth-order valence-electron chi connectivity index (χ4n) is 2.96. The minimum Gasteiger partial charge on any atom is -0.481 e. The van der Waals surface area contributed by atoms with Crippen LogP contribution in [0.2, 0.25) is 0 Å². The van der Waals surface area contributed by atoms with E-state index in [0.717, 1.165) is 5.56 Å². The largest absolute Gasteiger partial charge is 0.481 e. The Hall–Kier alpha value is -2.08. The van der Waals surface area contributed by atoms with Crippen LogP contribution in [0, 0.1) is 0 Å². The van der Waals surface area contributed by atoms with Gasteiger partial charge >= 0.3 is 12.0 Å². The highest BCUT2D eigenvalue weighted by atomic mass is 16.4. The number of nitrogens with one attached hydrogen (secondary N) is 1. The summed E-state index contributed by atoms with van der Waals surface area (Å²) < 4.78 is 0. The van der Waals surface area contributed by atoms with Gasteiger partial charge in [0, 0.05) is 25.0 Å². The van der Waals surface area contributed by atoms with Crippen LogP contribution in [0.4, 0.5) is 4.79 Å². The summed E-state index contributed by atoms with van der Waals surface area (Å²) in [5.74, 6) is -0.873. The number of hydrogen-bond donors (Lipinski definition) is 3. The molecule has 1 aromatic rings. The summed E-state index contributed by atoms with van der Waals surface area (Å²) in [6.07, 6.45) is 1.06. The first-order valence-corrected chi connectivity index (χ1v) is 7.96. The SMILES string of the molecule is CC1CC(O)CN1C(=O)NC(CCC(=O)O)Cc1ccccc1. The maximum atomic E-state index is 12.4. The van der Waals surface area contributed by atoms with Gasteiger partial charge in [-0.15, -0.1) is 0 Å². The van der Waals surface area contributed by atoms with Crippen LogP contribution < -0.4 is 5.32 Å². The molecule has 0 saturated carbocycles. The second-order valence-electron chi connectivity index (χ2n) is 6.16. The number of rotatable bonds is 6. The van der Waals surface area contributed by atoms with E-state index in [-0.39, 0.29) is 24.5 Å². The molecular weight excluding hydrogens is 296 g/mol. The van der Waals surface area contributed by atoms with Gasteiger partial charge in [0.05, 0.1) is 6.10 Å². The molecule has 2 amide bonds. The number of aliphatic hydroxyl groups is 1. The van der Waals surface area contributed by atoms with Crippen molar-refractivity contribution in [3.05, 3.63) is 35.9 Å². The summed E-state index contributed by atoms with van der Waals surface area (Å²) in [6, 6.07) is 9.19. The van der Waals surface area contributed by atoms with E-state index in [4.69, 9.17) is 5.11 Å². The summed E-state index contributed by atoms with van der Waals surface area (Å²) in [5.41, 5.74) is 1.05. The van der Waals surface area contributed by atoms with Crippen LogP contribution in [0.3, 0.4) is 0 Å². The Labute approximate surface area is 136 Å². The molecule has 0 aliphatic carbocycles. The molecule has 0 spiro atoms. The van der Waals surface area contributed by atoms with Crippen LogP contribution in [0.15, 0.2) is 30.3 Å². The summed E-state index contributed by atoms with van der Waals surface area (Å²) in [7, 11) is 0. The molecule has 126 valence electrons. The Kier molecular flexibility index (Phi) is 5.98. The second-order valence-corrected chi connectivity index (χ2v) is 6.16. The second kappa shape index (κ2) is 7.97. The van der Waals surface area contributed by atoms with Crippen LogP contribution in [-0.4, -0.2) is 51.8 Å². The fourth-order valence-corrected chi connectivity index (χ4v) is 2.96. The summed E-state index contributed by atoms with van der Waals surface area (Å²) >= 11 is 0. The normalized spacial score (nSPS) is 21.9. The van der Waals surface area contributed by atoms with E-state index in [2.05, 4.69) is 5.32 Å². The lowest BCUT2D eigenvalue weighted by molar-refractivity contribution is -0.137. The Morgan fingerprint density at radius 2 is 2.04 bits per heavy atom. The van der Waals surface area contributed by atoms with E-state index >= 15 is 0 Å². The molecule has 3 atom stereocenters. The first-order chi connectivity index (χ1) is 11.0. The van der Waals surface area contributed by atoms with Crippen LogP contribution in [0.5, 0.6) is 0 Å². The monoisotopic (exact) mass is 320 g/mol. The average Bonchev–Trinajstić information content (AvgIpc) is 2.84. The van der Waals surface area contributed by atoms with E-state index in [1.165, 1.54) is 0 Å². The molecule has 1 fully saturated rings. The van der Waals surface area contributed by atoms with Gasteiger partial charge in [0.25, 0.3) is 0 Å². The van der Waals surface area contributed by atoms with Gasteiger partial charge < -0.3 is 20.4 Å². The summed E-state index contributed by atoms with van der Waals surface area (Å²) in [4.78, 5) is 24.9. The van der Waals surface area contributed by atoms with Crippen molar-refractivity contribution >= 4 is 12.0 Å². The number of aliphatic carboxylic acids is 1. The molecule has 23 heavy (non-hydrogen) atoms. The number of nitrogens with zero attached hydrogens (tertiary/aromatic N) is 1. The predicted octanol–water partition coefficient (Wildman–Crippen LogP) is 1.63. The molecule has 1 saturated heterocycles. The maximum Gasteiger partial charge on any atom is 0.317 e. The molecule has 0 radical (unpaired) electrons. The van der Waals surface area contributed by atoms with Gasteiger partial charge in [0.15, 0.2) is 0 Å². The molecule has 6 nitrogen and oxygen atoms in total. The van der Waals surface area contributed by atoms with Crippen molar-refractivity contribution < 1.29 is 19.8 Å². The maximum absolute atomic E-state index is 12.4. The molecule has 0 bridgehead atoms. The van der Waals surface area contributed by atoms with Gasteiger partial charge in [-0.3, -0.25) is 4.79 Å². The Balaban J connectivity index is 1.98. The van der Waals surface area contributed by atoms with Gasteiger partial charge in [-0.25, -0.2) is 4.79 Å². The topological polar surface area (TPSA) is 89.9 Å². The lowest BCUT2D eigenvalue weighted by atomic mass is 10.0. The Morgan fingerprint density at radius 1 is 1.35 bits per heavy atom. The van der Waals surface area contributed by atoms with Crippen molar-refractivity contribution in [1.29, 1.82) is 0 Å². The molecule has 1 aromatic carbocycles. The minimum atomic E-state index is -0.873. The van der Waals surface area contributed by atoms with E-state index in [0.29, 0.717) is 25.8 Å². The van der Waals surface area contributed by atoms with Crippen LogP contribution in [0.25, 0.3) is 0 Å².